The summed E-state index contributed by atoms with van der Waals surface area (Å²) in [5, 5.41) is 11.0. The second-order valence-electron chi connectivity index (χ2n) is 5.75. The highest BCUT2D eigenvalue weighted by molar-refractivity contribution is 7.89. The molecule has 0 heterocycles. The van der Waals surface area contributed by atoms with Crippen molar-refractivity contribution in [1.82, 2.24) is 4.31 Å². The van der Waals surface area contributed by atoms with E-state index < -0.39 is 14.9 Å². The first-order chi connectivity index (χ1) is 10.9. The van der Waals surface area contributed by atoms with E-state index in [0.29, 0.717) is 12.2 Å². The van der Waals surface area contributed by atoms with Crippen LogP contribution < -0.4 is 0 Å². The SMILES string of the molecule is COCCN(C1CCCC1)S(=O)(=O)c1cc([N+](=O)[O-])ccc1C. The summed E-state index contributed by atoms with van der Waals surface area (Å²) < 4.78 is 32.6. The zero-order chi connectivity index (χ0) is 17.0. The van der Waals surface area contributed by atoms with Crippen LogP contribution in [0.5, 0.6) is 0 Å². The number of ether oxygens (including phenoxy) is 1. The molecule has 23 heavy (non-hydrogen) atoms. The number of sulfonamides is 1. The molecule has 8 heteroatoms. The third-order valence-corrected chi connectivity index (χ3v) is 6.31. The summed E-state index contributed by atoms with van der Waals surface area (Å²) in [7, 11) is -2.27. The molecule has 0 unspecified atom stereocenters. The lowest BCUT2D eigenvalue weighted by Crippen LogP contribution is -2.41. The van der Waals surface area contributed by atoms with Crippen molar-refractivity contribution in [2.24, 2.45) is 0 Å². The fraction of sp³-hybridized carbons (Fsp3) is 0.600. The van der Waals surface area contributed by atoms with E-state index in [-0.39, 0.29) is 23.2 Å². The highest BCUT2D eigenvalue weighted by Gasteiger charge is 2.34. The van der Waals surface area contributed by atoms with Gasteiger partial charge in [-0.05, 0) is 25.3 Å². The Balaban J connectivity index is 2.43. The average Bonchev–Trinajstić information content (AvgIpc) is 3.01. The fourth-order valence-corrected chi connectivity index (χ4v) is 4.89. The first-order valence-corrected chi connectivity index (χ1v) is 9.07. The van der Waals surface area contributed by atoms with Gasteiger partial charge in [0.1, 0.15) is 0 Å². The second kappa shape index (κ2) is 7.37. The van der Waals surface area contributed by atoms with Gasteiger partial charge in [0.05, 0.1) is 16.4 Å². The van der Waals surface area contributed by atoms with Crippen molar-refractivity contribution in [3.05, 3.63) is 33.9 Å². The Morgan fingerprint density at radius 1 is 1.35 bits per heavy atom. The van der Waals surface area contributed by atoms with Crippen molar-refractivity contribution in [2.45, 2.75) is 43.5 Å². The number of aryl methyl sites for hydroxylation is 1. The van der Waals surface area contributed by atoms with Crippen LogP contribution in [0.4, 0.5) is 5.69 Å². The molecule has 2 rings (SSSR count). The summed E-state index contributed by atoms with van der Waals surface area (Å²) in [5.74, 6) is 0. The summed E-state index contributed by atoms with van der Waals surface area (Å²) in [6, 6.07) is 3.89. The number of hydrogen-bond donors (Lipinski definition) is 0. The van der Waals surface area contributed by atoms with Crippen LogP contribution in [0.3, 0.4) is 0 Å². The molecule has 7 nitrogen and oxygen atoms in total. The van der Waals surface area contributed by atoms with Crippen molar-refractivity contribution < 1.29 is 18.1 Å². The van der Waals surface area contributed by atoms with Crippen LogP contribution in [0, 0.1) is 17.0 Å². The van der Waals surface area contributed by atoms with Crippen LogP contribution in [0.15, 0.2) is 23.1 Å². The summed E-state index contributed by atoms with van der Waals surface area (Å²) in [6.45, 7) is 2.20. The van der Waals surface area contributed by atoms with E-state index in [2.05, 4.69) is 0 Å². The molecule has 1 aromatic carbocycles. The van der Waals surface area contributed by atoms with E-state index in [1.54, 1.807) is 6.92 Å². The molecule has 0 saturated heterocycles. The van der Waals surface area contributed by atoms with Crippen molar-refractivity contribution in [2.75, 3.05) is 20.3 Å². The van der Waals surface area contributed by atoms with Crippen LogP contribution >= 0.6 is 0 Å². The van der Waals surface area contributed by atoms with Crippen molar-refractivity contribution in [3.8, 4) is 0 Å². The second-order valence-corrected chi connectivity index (χ2v) is 7.61. The highest BCUT2D eigenvalue weighted by atomic mass is 32.2. The molecule has 0 N–H and O–H groups in total. The van der Waals surface area contributed by atoms with Crippen LogP contribution in [0.2, 0.25) is 0 Å². The Labute approximate surface area is 136 Å². The Hall–Kier alpha value is -1.51. The predicted molar refractivity (Wildman–Crippen MR) is 85.9 cm³/mol. The monoisotopic (exact) mass is 342 g/mol. The molecule has 1 saturated carbocycles. The lowest BCUT2D eigenvalue weighted by atomic mass is 10.2. The maximum Gasteiger partial charge on any atom is 0.270 e. The van der Waals surface area contributed by atoms with Gasteiger partial charge in [0.25, 0.3) is 5.69 Å². The van der Waals surface area contributed by atoms with E-state index in [9.17, 15) is 18.5 Å². The molecule has 0 radical (unpaired) electrons. The predicted octanol–water partition coefficient (Wildman–Crippen LogP) is 2.48. The molecule has 0 aliphatic heterocycles. The molecule has 0 atom stereocenters. The average molecular weight is 342 g/mol. The lowest BCUT2D eigenvalue weighted by molar-refractivity contribution is -0.385. The summed E-state index contributed by atoms with van der Waals surface area (Å²) in [6.07, 6.45) is 3.63. The van der Waals surface area contributed by atoms with Gasteiger partial charge in [0.2, 0.25) is 10.0 Å². The third-order valence-electron chi connectivity index (χ3n) is 4.22. The van der Waals surface area contributed by atoms with Crippen LogP contribution in [-0.2, 0) is 14.8 Å². The van der Waals surface area contributed by atoms with Gasteiger partial charge in [-0.3, -0.25) is 10.1 Å². The zero-order valence-corrected chi connectivity index (χ0v) is 14.2. The van der Waals surface area contributed by atoms with Crippen LogP contribution in [0.25, 0.3) is 0 Å². The van der Waals surface area contributed by atoms with E-state index in [4.69, 9.17) is 4.74 Å². The fourth-order valence-electron chi connectivity index (χ4n) is 2.98. The third kappa shape index (κ3) is 3.88. The number of non-ortho nitro benzene ring substituents is 1. The van der Waals surface area contributed by atoms with Crippen molar-refractivity contribution in [3.63, 3.8) is 0 Å². The number of nitro groups is 1. The summed E-state index contributed by atoms with van der Waals surface area (Å²) in [5.41, 5.74) is 0.295. The topological polar surface area (TPSA) is 89.8 Å². The van der Waals surface area contributed by atoms with Gasteiger partial charge in [-0.25, -0.2) is 8.42 Å². The number of nitro benzene ring substituents is 1. The number of hydrogen-bond acceptors (Lipinski definition) is 5. The van der Waals surface area contributed by atoms with Gasteiger partial charge in [0, 0.05) is 31.8 Å². The minimum Gasteiger partial charge on any atom is -0.383 e. The van der Waals surface area contributed by atoms with Crippen molar-refractivity contribution >= 4 is 15.7 Å². The number of methoxy groups -OCH3 is 1. The molecule has 1 fully saturated rings. The molecule has 0 amide bonds. The van der Waals surface area contributed by atoms with E-state index >= 15 is 0 Å². The standard InChI is InChI=1S/C15H22N2O5S/c1-12-7-8-14(17(18)19)11-15(12)23(20,21)16(9-10-22-2)13-5-3-4-6-13/h7-8,11,13H,3-6,9-10H2,1-2H3. The van der Waals surface area contributed by atoms with Gasteiger partial charge < -0.3 is 4.74 Å². The number of rotatable bonds is 7. The minimum absolute atomic E-state index is 0.00898. The normalized spacial score (nSPS) is 16.1. The molecule has 128 valence electrons. The number of nitrogens with zero attached hydrogens (tertiary/aromatic N) is 2. The van der Waals surface area contributed by atoms with E-state index in [1.807, 2.05) is 0 Å². The molecule has 1 aliphatic rings. The van der Waals surface area contributed by atoms with Gasteiger partial charge in [-0.1, -0.05) is 18.9 Å². The summed E-state index contributed by atoms with van der Waals surface area (Å²) in [4.78, 5) is 10.4. The van der Waals surface area contributed by atoms with Gasteiger partial charge in [0.15, 0.2) is 0 Å². The summed E-state index contributed by atoms with van der Waals surface area (Å²) >= 11 is 0. The van der Waals surface area contributed by atoms with Crippen LogP contribution in [0.1, 0.15) is 31.2 Å². The Morgan fingerprint density at radius 2 is 2.00 bits per heavy atom. The molecule has 1 aliphatic carbocycles. The number of benzene rings is 1. The molecule has 0 aromatic heterocycles. The quantitative estimate of drug-likeness (QED) is 0.561. The largest absolute Gasteiger partial charge is 0.383 e. The van der Waals surface area contributed by atoms with Crippen LogP contribution in [-0.4, -0.2) is 43.9 Å². The molecule has 0 spiro atoms. The Bertz CT molecular complexity index is 668. The molecule has 0 bridgehead atoms. The van der Waals surface area contributed by atoms with Gasteiger partial charge in [-0.2, -0.15) is 4.31 Å². The van der Waals surface area contributed by atoms with Gasteiger partial charge in [-0.15, -0.1) is 0 Å². The molecule has 1 aromatic rings. The molecular weight excluding hydrogens is 320 g/mol. The smallest absolute Gasteiger partial charge is 0.270 e. The minimum atomic E-state index is -3.79. The maximum atomic E-state index is 13.1. The first-order valence-electron chi connectivity index (χ1n) is 7.63. The maximum absolute atomic E-state index is 13.1. The first kappa shape index (κ1) is 17.8. The van der Waals surface area contributed by atoms with Gasteiger partial charge >= 0.3 is 0 Å². The van der Waals surface area contributed by atoms with Crippen molar-refractivity contribution in [1.29, 1.82) is 0 Å². The zero-order valence-electron chi connectivity index (χ0n) is 13.4. The van der Waals surface area contributed by atoms with E-state index in [1.165, 1.54) is 23.5 Å². The Morgan fingerprint density at radius 3 is 2.57 bits per heavy atom. The highest BCUT2D eigenvalue weighted by Crippen LogP contribution is 2.31. The Kier molecular flexibility index (Phi) is 5.72. The lowest BCUT2D eigenvalue weighted by Gasteiger charge is -2.28. The molecular formula is C15H22N2O5S. The van der Waals surface area contributed by atoms with E-state index in [0.717, 1.165) is 31.7 Å².